The average molecular weight is 1520 g/mol. The number of alkyl halides is 6. The second-order valence-corrected chi connectivity index (χ2v) is 32.4. The molecule has 604 valence electrons. The maximum atomic E-state index is 15.6. The van der Waals surface area contributed by atoms with Crippen LogP contribution in [0.5, 0.6) is 0 Å². The summed E-state index contributed by atoms with van der Waals surface area (Å²) in [7, 11) is 11.0. The van der Waals surface area contributed by atoms with Gasteiger partial charge in [0.15, 0.2) is 0 Å². The molecule has 0 radical (unpaired) electrons. The Morgan fingerprint density at radius 1 is 0.664 bits per heavy atom. The molecule has 0 aromatic heterocycles. The number of nitrogens with zero attached hydrogens (tertiary/aromatic N) is 9. The Morgan fingerprint density at radius 2 is 1.30 bits per heavy atom. The highest BCUT2D eigenvalue weighted by atomic mass is 19.4. The van der Waals surface area contributed by atoms with Gasteiger partial charge in [-0.3, -0.25) is 57.5 Å². The van der Waals surface area contributed by atoms with Crippen molar-refractivity contribution in [3.63, 3.8) is 0 Å². The van der Waals surface area contributed by atoms with Crippen molar-refractivity contribution in [2.45, 2.75) is 262 Å². The lowest BCUT2D eigenvalue weighted by atomic mass is 9.74. The molecule has 25 nitrogen and oxygen atoms in total. The van der Waals surface area contributed by atoms with Crippen LogP contribution >= 0.6 is 0 Å². The largest absolute Gasteiger partial charge is 0.394 e. The van der Waals surface area contributed by atoms with Gasteiger partial charge in [0.1, 0.15) is 53.9 Å². The summed E-state index contributed by atoms with van der Waals surface area (Å²) in [5, 5.41) is 8.68. The zero-order valence-corrected chi connectivity index (χ0v) is 65.4. The molecule has 6 fully saturated rings. The molecule has 3 aliphatic heterocycles. The highest BCUT2D eigenvalue weighted by Crippen LogP contribution is 2.45. The van der Waals surface area contributed by atoms with Crippen LogP contribution in [0.2, 0.25) is 0 Å². The van der Waals surface area contributed by atoms with Crippen molar-refractivity contribution in [2.75, 3.05) is 89.2 Å². The number of fused-ring (bicyclic) bond motifs is 3. The number of nitrogens with one attached hydrogen (secondary N) is 3. The Kier molecular flexibility index (Phi) is 30.6. The van der Waals surface area contributed by atoms with Gasteiger partial charge in [-0.05, 0) is 158 Å². The summed E-state index contributed by atoms with van der Waals surface area (Å²) in [6.45, 7) is 9.33. The molecule has 31 heteroatoms. The molecule has 107 heavy (non-hydrogen) atoms. The first-order valence-electron chi connectivity index (χ1n) is 38.9. The SMILES string of the molecule is CCCN(C)C(=O)[C@@H]1CC(=O)N(C)[C@@H](C(C)C)C(=O)N[C@@H]([C@@H](C)CC)C(=O)N(C)CC(=O)N(C)[C@H]2C/C=C\CCN(C2=O)[C@@H](CC2CCC(C(F)(F)F)CC2)C(=O)N(C)CC(=O)N[C@@H](CCC2CCC(C(F)(F)F)C(OC)C2)C(=O)N2C[C@@H](C)C[C@H]2C(=O)NC2(CCC2)C(=O)N(C)[C@@H](C2CCCC2)C(=O)N1C. The normalized spacial score (nSPS) is 31.5. The standard InChI is InChI=1S/C76H120F6N12O13/c1-15-36-86(7)68(101)56-41-60(96)91(12)63(45(3)4)66(99)84-62(47(6)16-2)71(104)88(9)44-61(97)89(10)54-25-18-17-21-37-93(70(54)103)57(39-48-26-30-51(31-27-48)75(77,78)79)69(102)87(8)43-59(95)83-53(33-29-49-28-32-52(76(80,81)82)58(40-49)107-14)67(100)94-42-46(5)38-55(94)65(98)85-74(34-22-35-74)73(106)92(13)64(72(105)90(56)11)50-23-19-20-24-50/h17-18,45-58,62-64H,15-16,19-44H2,1-14H3,(H,83,95)(H,84,99)(H,85,98)/b18-17-/t46-,47-,48?,49?,51?,52?,53-,54-,55-,56-,57-,58?,62-,63-,64-/m0/s1. The second-order valence-electron chi connectivity index (χ2n) is 32.4. The summed E-state index contributed by atoms with van der Waals surface area (Å²) in [5.74, 6) is -14.7. The number of rotatable bonds is 13. The Labute approximate surface area is 627 Å². The molecule has 2 bridgehead atoms. The van der Waals surface area contributed by atoms with E-state index in [1.165, 1.54) is 78.8 Å². The van der Waals surface area contributed by atoms with E-state index in [9.17, 15) is 55.1 Å². The fourth-order valence-corrected chi connectivity index (χ4v) is 17.5. The highest BCUT2D eigenvalue weighted by molar-refractivity contribution is 6.01. The van der Waals surface area contributed by atoms with Gasteiger partial charge in [-0.15, -0.1) is 0 Å². The van der Waals surface area contributed by atoms with Crippen LogP contribution in [-0.4, -0.2) is 276 Å². The zero-order chi connectivity index (χ0) is 79.5. The second kappa shape index (κ2) is 37.6. The van der Waals surface area contributed by atoms with Crippen molar-refractivity contribution in [3.8, 4) is 0 Å². The summed E-state index contributed by atoms with van der Waals surface area (Å²) in [6.07, 6.45) is -3.81. The van der Waals surface area contributed by atoms with Gasteiger partial charge in [-0.1, -0.05) is 73.0 Å². The van der Waals surface area contributed by atoms with Gasteiger partial charge in [-0.25, -0.2) is 0 Å². The summed E-state index contributed by atoms with van der Waals surface area (Å²) in [4.78, 5) is 193. The van der Waals surface area contributed by atoms with Gasteiger partial charge in [0.25, 0.3) is 0 Å². The van der Waals surface area contributed by atoms with Crippen LogP contribution in [-0.2, 0) is 62.3 Å². The van der Waals surface area contributed by atoms with Crippen molar-refractivity contribution >= 4 is 70.9 Å². The monoisotopic (exact) mass is 1520 g/mol. The third-order valence-electron chi connectivity index (χ3n) is 24.4. The van der Waals surface area contributed by atoms with E-state index in [2.05, 4.69) is 16.0 Å². The molecule has 3 heterocycles. The van der Waals surface area contributed by atoms with E-state index in [1.54, 1.807) is 46.9 Å². The molecule has 1 spiro atoms. The van der Waals surface area contributed by atoms with Crippen molar-refractivity contribution in [2.24, 2.45) is 47.3 Å². The number of likely N-dealkylation sites (N-methyl/N-ethyl adjacent to an activating group) is 7. The molecule has 0 aromatic carbocycles. The predicted octanol–water partition coefficient (Wildman–Crippen LogP) is 6.70. The Balaban J connectivity index is 1.31. The third kappa shape index (κ3) is 21.1. The third-order valence-corrected chi connectivity index (χ3v) is 24.4. The molecule has 7 aliphatic rings. The van der Waals surface area contributed by atoms with E-state index in [4.69, 9.17) is 4.74 Å². The number of amides is 12. The van der Waals surface area contributed by atoms with Crippen molar-refractivity contribution in [3.05, 3.63) is 12.2 Å². The van der Waals surface area contributed by atoms with Crippen LogP contribution in [0.4, 0.5) is 26.3 Å². The van der Waals surface area contributed by atoms with Gasteiger partial charge in [-0.2, -0.15) is 26.3 Å². The van der Waals surface area contributed by atoms with Gasteiger partial charge >= 0.3 is 12.4 Å². The van der Waals surface area contributed by atoms with E-state index in [1.807, 2.05) is 13.8 Å². The minimum absolute atomic E-state index is 0.00652. The molecule has 0 aromatic rings. The maximum absolute atomic E-state index is 15.6. The van der Waals surface area contributed by atoms with Crippen molar-refractivity contribution < 1.29 is 88.6 Å². The van der Waals surface area contributed by atoms with E-state index < -0.39 is 204 Å². The average Bonchev–Trinajstić information content (AvgIpc) is 1.67. The summed E-state index contributed by atoms with van der Waals surface area (Å²) < 4.78 is 90.6. The number of methoxy groups -OCH3 is 1. The van der Waals surface area contributed by atoms with Crippen LogP contribution in [0.3, 0.4) is 0 Å². The van der Waals surface area contributed by atoms with E-state index in [0.717, 1.165) is 14.7 Å². The maximum Gasteiger partial charge on any atom is 0.394 e. The predicted molar refractivity (Wildman–Crippen MR) is 385 cm³/mol. The number of carbonyl (C=O) groups excluding carboxylic acids is 12. The number of ether oxygens (including phenoxy) is 1. The first-order chi connectivity index (χ1) is 50.2. The quantitative estimate of drug-likeness (QED) is 0.128. The van der Waals surface area contributed by atoms with Gasteiger partial charge < -0.3 is 64.8 Å². The lowest BCUT2D eigenvalue weighted by Crippen LogP contribution is -2.68. The molecule has 3 N–H and O–H groups in total. The molecule has 4 saturated carbocycles. The van der Waals surface area contributed by atoms with Gasteiger partial charge in [0, 0.05) is 76.1 Å². The van der Waals surface area contributed by atoms with Crippen molar-refractivity contribution in [1.82, 2.24) is 60.0 Å². The first kappa shape index (κ1) is 87.1. The van der Waals surface area contributed by atoms with Gasteiger partial charge in [0.2, 0.25) is 70.9 Å². The fourth-order valence-electron chi connectivity index (χ4n) is 17.5. The zero-order valence-electron chi connectivity index (χ0n) is 65.4. The van der Waals surface area contributed by atoms with Crippen LogP contribution in [0, 0.1) is 47.3 Å². The Morgan fingerprint density at radius 3 is 1.88 bits per heavy atom. The Hall–Kier alpha value is -7.08. The summed E-state index contributed by atoms with van der Waals surface area (Å²) in [6, 6.07) is -10.6. The number of hydrogen-bond donors (Lipinski definition) is 3. The van der Waals surface area contributed by atoms with Crippen molar-refractivity contribution in [1.29, 1.82) is 0 Å². The molecule has 13 atom stereocenters. The molecule has 2 saturated heterocycles. The lowest BCUT2D eigenvalue weighted by molar-refractivity contribution is -0.215. The lowest BCUT2D eigenvalue weighted by Gasteiger charge is -2.47. The molecule has 7 rings (SSSR count). The summed E-state index contributed by atoms with van der Waals surface area (Å²) in [5.41, 5.74) is -1.59. The Bertz CT molecular complexity index is 3200. The number of carbonyl (C=O) groups is 12. The summed E-state index contributed by atoms with van der Waals surface area (Å²) >= 11 is 0. The van der Waals surface area contributed by atoms with Crippen LogP contribution < -0.4 is 16.0 Å². The molecule has 4 aliphatic carbocycles. The fraction of sp³-hybridized carbons (Fsp3) is 0.816. The minimum Gasteiger partial charge on any atom is -0.381 e. The molecular weight excluding hydrogens is 1400 g/mol. The number of halogens is 6. The topological polar surface area (TPSA) is 279 Å². The molecular formula is C76H120F6N12O13. The molecule has 3 unspecified atom stereocenters. The van der Waals surface area contributed by atoms with E-state index in [0.29, 0.717) is 44.9 Å². The molecule has 12 amide bonds. The minimum atomic E-state index is -4.55. The smallest absolute Gasteiger partial charge is 0.381 e. The van der Waals surface area contributed by atoms with Gasteiger partial charge in [0.05, 0.1) is 37.5 Å². The number of hydrogen-bond acceptors (Lipinski definition) is 13. The van der Waals surface area contributed by atoms with E-state index >= 15 is 28.8 Å². The van der Waals surface area contributed by atoms with E-state index in [-0.39, 0.29) is 122 Å². The van der Waals surface area contributed by atoms with Crippen LogP contribution in [0.25, 0.3) is 0 Å². The first-order valence-corrected chi connectivity index (χ1v) is 38.9. The van der Waals surface area contributed by atoms with Crippen LogP contribution in [0.15, 0.2) is 12.2 Å². The van der Waals surface area contributed by atoms with Crippen LogP contribution in [0.1, 0.15) is 189 Å². The highest BCUT2D eigenvalue weighted by Gasteiger charge is 2.55.